The highest BCUT2D eigenvalue weighted by atomic mass is 14.7. The van der Waals surface area contributed by atoms with Crippen molar-refractivity contribution in [1.29, 1.82) is 0 Å². The van der Waals surface area contributed by atoms with Crippen molar-refractivity contribution in [3.05, 3.63) is 222 Å². The number of fused-ring (bicyclic) bond motifs is 6. The van der Waals surface area contributed by atoms with Gasteiger partial charge in [-0.3, -0.25) is 4.99 Å². The third-order valence-corrected chi connectivity index (χ3v) is 11.9. The topological polar surface area (TPSA) is 38.4 Å². The average Bonchev–Trinajstić information content (AvgIpc) is 3.49. The van der Waals surface area contributed by atoms with Crippen LogP contribution in [0.3, 0.4) is 0 Å². The van der Waals surface area contributed by atoms with Gasteiger partial charge in [-0.25, -0.2) is 0 Å². The van der Waals surface area contributed by atoms with Gasteiger partial charge >= 0.3 is 0 Å². The van der Waals surface area contributed by atoms with Gasteiger partial charge in [0.1, 0.15) is 0 Å². The van der Waals surface area contributed by atoms with E-state index in [4.69, 9.17) is 10.7 Å². The van der Waals surface area contributed by atoms with Crippen LogP contribution in [0, 0.1) is 0 Å². The molecule has 0 aliphatic heterocycles. The normalized spacial score (nSPS) is 13.6. The molecule has 0 saturated heterocycles. The van der Waals surface area contributed by atoms with Gasteiger partial charge in [0.2, 0.25) is 0 Å². The molecule has 9 aromatic rings. The predicted molar refractivity (Wildman–Crippen MR) is 243 cm³/mol. The zero-order chi connectivity index (χ0) is 38.5. The van der Waals surface area contributed by atoms with E-state index in [0.717, 1.165) is 38.6 Å². The Morgan fingerprint density at radius 3 is 1.86 bits per heavy atom. The van der Waals surface area contributed by atoms with E-state index >= 15 is 0 Å². The summed E-state index contributed by atoms with van der Waals surface area (Å²) in [5, 5.41) is 7.18. The Bertz CT molecular complexity index is 3050. The van der Waals surface area contributed by atoms with E-state index in [2.05, 4.69) is 202 Å². The van der Waals surface area contributed by atoms with E-state index in [1.807, 2.05) is 6.07 Å². The molecule has 0 bridgehead atoms. The summed E-state index contributed by atoms with van der Waals surface area (Å²) in [5.74, 6) is 0. The quantitative estimate of drug-likeness (QED) is 0.163. The van der Waals surface area contributed by atoms with Crippen LogP contribution in [0.25, 0.3) is 71.4 Å². The lowest BCUT2D eigenvalue weighted by Crippen LogP contribution is -2.16. The smallest absolute Gasteiger partial charge is 0.0677 e. The fourth-order valence-corrected chi connectivity index (χ4v) is 9.08. The molecule has 0 atom stereocenters. The summed E-state index contributed by atoms with van der Waals surface area (Å²) in [7, 11) is 0. The molecule has 9 aromatic carbocycles. The summed E-state index contributed by atoms with van der Waals surface area (Å²) < 4.78 is 0. The lowest BCUT2D eigenvalue weighted by atomic mass is 9.78. The van der Waals surface area contributed by atoms with E-state index in [1.54, 1.807) is 0 Å². The van der Waals surface area contributed by atoms with Gasteiger partial charge in [0.25, 0.3) is 0 Å². The zero-order valence-corrected chi connectivity index (χ0v) is 32.2. The Labute approximate surface area is 334 Å². The van der Waals surface area contributed by atoms with E-state index in [1.165, 1.54) is 60.7 Å². The molecule has 0 saturated carbocycles. The van der Waals surface area contributed by atoms with Gasteiger partial charge in [0, 0.05) is 22.2 Å². The van der Waals surface area contributed by atoms with Gasteiger partial charge in [-0.05, 0) is 101 Å². The minimum absolute atomic E-state index is 0.122. The predicted octanol–water partition coefficient (Wildman–Crippen LogP) is 13.8. The van der Waals surface area contributed by atoms with Crippen molar-refractivity contribution in [1.82, 2.24) is 0 Å². The van der Waals surface area contributed by atoms with Crippen molar-refractivity contribution in [2.45, 2.75) is 25.8 Å². The summed E-state index contributed by atoms with van der Waals surface area (Å²) in [6, 6.07) is 67.6. The molecule has 0 heterocycles. The Kier molecular flexibility index (Phi) is 8.42. The third-order valence-electron chi connectivity index (χ3n) is 11.9. The Morgan fingerprint density at radius 1 is 0.491 bits per heavy atom. The van der Waals surface area contributed by atoms with Gasteiger partial charge in [-0.1, -0.05) is 190 Å². The van der Waals surface area contributed by atoms with Crippen LogP contribution < -0.4 is 5.73 Å². The van der Waals surface area contributed by atoms with Crippen LogP contribution in [-0.2, 0) is 12.0 Å². The average molecular weight is 731 g/mol. The fourth-order valence-electron chi connectivity index (χ4n) is 9.08. The second-order valence-electron chi connectivity index (χ2n) is 15.7. The number of rotatable bonds is 7. The summed E-state index contributed by atoms with van der Waals surface area (Å²) >= 11 is 0. The van der Waals surface area contributed by atoms with Gasteiger partial charge in [-0.2, -0.15) is 0 Å². The first-order chi connectivity index (χ1) is 27.9. The molecule has 2 N–H and O–H groups in total. The van der Waals surface area contributed by atoms with Crippen molar-refractivity contribution in [3.63, 3.8) is 0 Å². The van der Waals surface area contributed by atoms with Crippen LogP contribution >= 0.6 is 0 Å². The number of nitrogens with two attached hydrogens (primary N) is 1. The minimum Gasteiger partial charge on any atom is -0.398 e. The Balaban J connectivity index is 1.02. The first kappa shape index (κ1) is 34.5. The lowest BCUT2D eigenvalue weighted by molar-refractivity contribution is 0.663. The van der Waals surface area contributed by atoms with E-state index < -0.39 is 0 Å². The van der Waals surface area contributed by atoms with Crippen LogP contribution in [0.4, 0.5) is 0 Å². The molecule has 1 aliphatic rings. The highest BCUT2D eigenvalue weighted by molar-refractivity contribution is 6.19. The largest absolute Gasteiger partial charge is 0.398 e. The van der Waals surface area contributed by atoms with Crippen molar-refractivity contribution in [2.24, 2.45) is 10.7 Å². The number of nitrogens with zero attached hydrogens (tertiary/aromatic N) is 1. The molecular weight excluding hydrogens is 689 g/mol. The maximum absolute atomic E-state index is 7.09. The Morgan fingerprint density at radius 2 is 1.09 bits per heavy atom. The summed E-state index contributed by atoms with van der Waals surface area (Å²) in [6.45, 7) is 5.31. The van der Waals surface area contributed by atoms with E-state index in [-0.39, 0.29) is 5.41 Å². The van der Waals surface area contributed by atoms with Crippen LogP contribution in [0.1, 0.15) is 41.7 Å². The third kappa shape index (κ3) is 6.02. The number of hydrogen-bond donors (Lipinski definition) is 1. The second-order valence-corrected chi connectivity index (χ2v) is 15.7. The molecule has 0 aromatic heterocycles. The maximum Gasteiger partial charge on any atom is 0.0677 e. The maximum atomic E-state index is 7.09. The van der Waals surface area contributed by atoms with E-state index in [0.29, 0.717) is 12.2 Å². The van der Waals surface area contributed by atoms with Gasteiger partial charge < -0.3 is 5.73 Å². The molecule has 57 heavy (non-hydrogen) atoms. The first-order valence-corrected chi connectivity index (χ1v) is 19.8. The van der Waals surface area contributed by atoms with Crippen LogP contribution in [0.2, 0.25) is 0 Å². The SMILES string of the molecule is CC1(C)c2cc3ccccc3cc2-c2cccc(-c3ccc(-c4ccc(/C(N)=C/C(=NCc5ccccc5)c5cccc6ccccc56)c5ccccc45)cc3)c21. The Hall–Kier alpha value is -7.03. The monoisotopic (exact) mass is 730 g/mol. The summed E-state index contributed by atoms with van der Waals surface area (Å²) in [6.07, 6.45) is 2.06. The van der Waals surface area contributed by atoms with Gasteiger partial charge in [0.15, 0.2) is 0 Å². The van der Waals surface area contributed by atoms with E-state index in [9.17, 15) is 0 Å². The molecule has 0 spiro atoms. The molecule has 272 valence electrons. The second kappa shape index (κ2) is 13.9. The molecule has 0 amide bonds. The van der Waals surface area contributed by atoms with Crippen molar-refractivity contribution in [3.8, 4) is 33.4 Å². The zero-order valence-electron chi connectivity index (χ0n) is 32.2. The van der Waals surface area contributed by atoms with Crippen molar-refractivity contribution in [2.75, 3.05) is 0 Å². The molecule has 0 fully saturated rings. The van der Waals surface area contributed by atoms with Crippen LogP contribution in [0.15, 0.2) is 199 Å². The van der Waals surface area contributed by atoms with Gasteiger partial charge in [0.05, 0.1) is 12.3 Å². The highest BCUT2D eigenvalue weighted by Gasteiger charge is 2.37. The van der Waals surface area contributed by atoms with Crippen LogP contribution in [-0.4, -0.2) is 5.71 Å². The van der Waals surface area contributed by atoms with Crippen molar-refractivity contribution >= 4 is 43.7 Å². The molecule has 10 rings (SSSR count). The number of allylic oxidation sites excluding steroid dienone is 1. The molecule has 1 aliphatic carbocycles. The molecule has 0 radical (unpaired) electrons. The number of benzene rings is 9. The highest BCUT2D eigenvalue weighted by Crippen LogP contribution is 2.53. The van der Waals surface area contributed by atoms with Gasteiger partial charge in [-0.15, -0.1) is 0 Å². The fraction of sp³-hybridized carbons (Fsp3) is 0.0727. The number of hydrogen-bond acceptors (Lipinski definition) is 2. The first-order valence-electron chi connectivity index (χ1n) is 19.8. The standard InChI is InChI=1S/C55H42N2/c1-55(2)51-33-41-18-7-6-17-40(41)32-50(51)49-25-13-23-44(54(49)55)39-28-26-38(27-29-39)43-30-31-47(46-22-11-10-21-45(43)46)52(56)34-53(57-35-36-14-4-3-5-15-36)48-24-12-19-37-16-8-9-20-42(37)48/h3-34H,35,56H2,1-2H3/b52-34-,57-53?. The summed E-state index contributed by atoms with van der Waals surface area (Å²) in [5.41, 5.74) is 22.1. The molecule has 2 nitrogen and oxygen atoms in total. The summed E-state index contributed by atoms with van der Waals surface area (Å²) in [4.78, 5) is 5.17. The van der Waals surface area contributed by atoms with Crippen LogP contribution in [0.5, 0.6) is 0 Å². The molecular formula is C55H42N2. The van der Waals surface area contributed by atoms with Crippen molar-refractivity contribution < 1.29 is 0 Å². The molecule has 0 unspecified atom stereocenters. The minimum atomic E-state index is -0.122. The molecule has 2 heteroatoms. The number of aliphatic imine (C=N–C) groups is 1. The lowest BCUT2D eigenvalue weighted by Gasteiger charge is -2.25.